The zero-order chi connectivity index (χ0) is 27.6. The molecule has 3 fully saturated rings. The Kier molecular flexibility index (Phi) is 6.11. The molecular formula is C33H36F2N6. The van der Waals surface area contributed by atoms with E-state index in [-0.39, 0.29) is 17.5 Å². The molecule has 2 aromatic heterocycles. The van der Waals surface area contributed by atoms with Crippen molar-refractivity contribution in [3.63, 3.8) is 0 Å². The van der Waals surface area contributed by atoms with Gasteiger partial charge in [-0.3, -0.25) is 0 Å². The predicted molar refractivity (Wildman–Crippen MR) is 156 cm³/mol. The van der Waals surface area contributed by atoms with E-state index in [1.165, 1.54) is 59.9 Å². The lowest BCUT2D eigenvalue weighted by Crippen LogP contribution is -2.19. The summed E-state index contributed by atoms with van der Waals surface area (Å²) >= 11 is 0. The molecule has 1 saturated carbocycles. The third-order valence-electron chi connectivity index (χ3n) is 10.1. The predicted octanol–water partition coefficient (Wildman–Crippen LogP) is 6.64. The van der Waals surface area contributed by atoms with E-state index in [2.05, 4.69) is 67.0 Å². The molecule has 4 atom stereocenters. The monoisotopic (exact) mass is 554 g/mol. The number of H-pyrrole nitrogens is 2. The second-order valence-corrected chi connectivity index (χ2v) is 12.5. The van der Waals surface area contributed by atoms with Crippen LogP contribution in [-0.2, 0) is 11.8 Å². The lowest BCUT2D eigenvalue weighted by molar-refractivity contribution is 0.354. The molecule has 0 radical (unpaired) electrons. The Morgan fingerprint density at radius 1 is 0.683 bits per heavy atom. The van der Waals surface area contributed by atoms with Crippen molar-refractivity contribution in [2.45, 2.75) is 81.2 Å². The molecular weight excluding hydrogens is 518 g/mol. The normalized spacial score (nSPS) is 26.8. The zero-order valence-corrected chi connectivity index (χ0v) is 23.1. The molecule has 6 nitrogen and oxygen atoms in total. The van der Waals surface area contributed by atoms with Crippen molar-refractivity contribution in [1.29, 1.82) is 0 Å². The van der Waals surface area contributed by atoms with Gasteiger partial charge in [0.15, 0.2) is 0 Å². The summed E-state index contributed by atoms with van der Waals surface area (Å²) in [6, 6.07) is 13.2. The minimum Gasteiger partial charge on any atom is -0.341 e. The van der Waals surface area contributed by atoms with Gasteiger partial charge in [0.25, 0.3) is 0 Å². The van der Waals surface area contributed by atoms with Gasteiger partial charge in [-0.2, -0.15) is 0 Å². The number of hydrogen-bond donors (Lipinski definition) is 4. The van der Waals surface area contributed by atoms with Crippen LogP contribution in [0.1, 0.15) is 79.8 Å². The van der Waals surface area contributed by atoms with Crippen LogP contribution in [0.3, 0.4) is 0 Å². The van der Waals surface area contributed by atoms with Crippen LogP contribution in [0.25, 0.3) is 33.6 Å². The topological polar surface area (TPSA) is 81.4 Å². The Morgan fingerprint density at radius 2 is 1.27 bits per heavy atom. The van der Waals surface area contributed by atoms with Crippen molar-refractivity contribution in [2.75, 3.05) is 13.1 Å². The molecule has 2 aromatic carbocycles. The van der Waals surface area contributed by atoms with Crippen LogP contribution < -0.4 is 10.6 Å². The first-order valence-electron chi connectivity index (χ1n) is 15.2. The van der Waals surface area contributed by atoms with E-state index < -0.39 is 12.3 Å². The minimum absolute atomic E-state index is 0.0493. The fourth-order valence-corrected chi connectivity index (χ4v) is 7.99. The number of aromatic amines is 2. The van der Waals surface area contributed by atoms with Crippen LogP contribution in [0.5, 0.6) is 0 Å². The Labute approximate surface area is 238 Å². The van der Waals surface area contributed by atoms with Gasteiger partial charge in [0.1, 0.15) is 24.0 Å². The van der Waals surface area contributed by atoms with Gasteiger partial charge in [-0.1, -0.05) is 49.2 Å². The van der Waals surface area contributed by atoms with Gasteiger partial charge in [-0.15, -0.1) is 0 Å². The maximum absolute atomic E-state index is 13.8. The minimum atomic E-state index is -0.812. The van der Waals surface area contributed by atoms with Gasteiger partial charge in [0.05, 0.1) is 35.9 Å². The maximum Gasteiger partial charge on any atom is 0.123 e. The number of fused-ring (bicyclic) bond motifs is 2. The summed E-state index contributed by atoms with van der Waals surface area (Å²) in [6.45, 7) is 0.781. The number of halogens is 2. The third-order valence-corrected chi connectivity index (χ3v) is 10.1. The molecule has 0 bridgehead atoms. The van der Waals surface area contributed by atoms with Crippen LogP contribution in [0.2, 0.25) is 0 Å². The van der Waals surface area contributed by atoms with Crippen molar-refractivity contribution in [3.05, 3.63) is 71.6 Å². The fraction of sp³-hybridized carbons (Fsp3) is 0.455. The Balaban J connectivity index is 1.13. The number of alkyl halides is 2. The number of nitrogens with zero attached hydrogens (tertiary/aromatic N) is 2. The van der Waals surface area contributed by atoms with Crippen LogP contribution in [0.15, 0.2) is 48.8 Å². The van der Waals surface area contributed by atoms with Crippen molar-refractivity contribution in [3.8, 4) is 33.6 Å². The molecule has 4 aromatic rings. The molecule has 4 heterocycles. The lowest BCUT2D eigenvalue weighted by Gasteiger charge is -2.28. The van der Waals surface area contributed by atoms with Gasteiger partial charge in [0, 0.05) is 31.5 Å². The van der Waals surface area contributed by atoms with Crippen LogP contribution in [0.4, 0.5) is 8.78 Å². The van der Waals surface area contributed by atoms with Crippen molar-refractivity contribution in [2.24, 2.45) is 0 Å². The van der Waals surface area contributed by atoms with Crippen molar-refractivity contribution in [1.82, 2.24) is 30.6 Å². The second kappa shape index (κ2) is 9.88. The first-order chi connectivity index (χ1) is 20.1. The van der Waals surface area contributed by atoms with E-state index in [4.69, 9.17) is 0 Å². The molecule has 4 aliphatic rings. The number of aromatic nitrogens is 4. The fourth-order valence-electron chi connectivity index (χ4n) is 7.99. The van der Waals surface area contributed by atoms with E-state index in [1.807, 2.05) is 12.4 Å². The number of hydrogen-bond acceptors (Lipinski definition) is 4. The SMILES string of the molecule is FC1CNC(c2ncc(-c3ccc(-c4ccc(-c5cnc(C6CC(F)CN6)[nH]5)c5c4C4(CCCC4)CC5)cc3)[nH]2)C1. The average Bonchev–Trinajstić information content (AvgIpc) is 3.83. The van der Waals surface area contributed by atoms with Crippen LogP contribution in [-0.4, -0.2) is 45.4 Å². The highest BCUT2D eigenvalue weighted by Crippen LogP contribution is 2.55. The third kappa shape index (κ3) is 4.34. The molecule has 212 valence electrons. The Hall–Kier alpha value is -3.36. The summed E-state index contributed by atoms with van der Waals surface area (Å²) in [5, 5.41) is 6.46. The Morgan fingerprint density at radius 3 is 1.90 bits per heavy atom. The molecule has 4 N–H and O–H groups in total. The second-order valence-electron chi connectivity index (χ2n) is 12.5. The first kappa shape index (κ1) is 25.4. The van der Waals surface area contributed by atoms with Gasteiger partial charge in [-0.25, -0.2) is 18.7 Å². The summed E-state index contributed by atoms with van der Waals surface area (Å²) in [6.07, 6.45) is 10.4. The molecule has 4 unspecified atom stereocenters. The van der Waals surface area contributed by atoms with E-state index in [1.54, 1.807) is 0 Å². The molecule has 2 aliphatic heterocycles. The summed E-state index contributed by atoms with van der Waals surface area (Å²) in [7, 11) is 0. The molecule has 2 aliphatic carbocycles. The number of rotatable bonds is 5. The molecule has 8 rings (SSSR count). The highest BCUT2D eigenvalue weighted by molar-refractivity contribution is 5.80. The van der Waals surface area contributed by atoms with Crippen molar-refractivity contribution >= 4 is 0 Å². The van der Waals surface area contributed by atoms with Gasteiger partial charge in [0.2, 0.25) is 0 Å². The van der Waals surface area contributed by atoms with Crippen LogP contribution in [0, 0.1) is 0 Å². The number of imidazole rings is 2. The lowest BCUT2D eigenvalue weighted by atomic mass is 9.76. The smallest absolute Gasteiger partial charge is 0.123 e. The highest BCUT2D eigenvalue weighted by atomic mass is 19.1. The van der Waals surface area contributed by atoms with E-state index >= 15 is 0 Å². The molecule has 41 heavy (non-hydrogen) atoms. The maximum atomic E-state index is 13.8. The Bertz CT molecular complexity index is 1570. The molecule has 2 saturated heterocycles. The summed E-state index contributed by atoms with van der Waals surface area (Å²) in [5.41, 5.74) is 10.1. The summed E-state index contributed by atoms with van der Waals surface area (Å²) in [4.78, 5) is 16.1. The molecule has 0 amide bonds. The van der Waals surface area contributed by atoms with E-state index in [0.717, 1.165) is 35.0 Å². The van der Waals surface area contributed by atoms with E-state index in [0.29, 0.717) is 25.9 Å². The largest absolute Gasteiger partial charge is 0.341 e. The van der Waals surface area contributed by atoms with Gasteiger partial charge < -0.3 is 20.6 Å². The molecule has 1 spiro atoms. The molecule has 8 heteroatoms. The average molecular weight is 555 g/mol. The number of benzene rings is 2. The zero-order valence-electron chi connectivity index (χ0n) is 23.1. The van der Waals surface area contributed by atoms with Gasteiger partial charge >= 0.3 is 0 Å². The summed E-state index contributed by atoms with van der Waals surface area (Å²) < 4.78 is 27.5. The van der Waals surface area contributed by atoms with Crippen LogP contribution >= 0.6 is 0 Å². The van der Waals surface area contributed by atoms with Gasteiger partial charge in [-0.05, 0) is 58.9 Å². The first-order valence-corrected chi connectivity index (χ1v) is 15.2. The van der Waals surface area contributed by atoms with E-state index in [9.17, 15) is 8.78 Å². The van der Waals surface area contributed by atoms with Crippen molar-refractivity contribution < 1.29 is 8.78 Å². The summed E-state index contributed by atoms with van der Waals surface area (Å²) in [5.74, 6) is 1.63. The highest BCUT2D eigenvalue weighted by Gasteiger charge is 2.43. The quantitative estimate of drug-likeness (QED) is 0.223. The standard InChI is InChI=1S/C33H36F2N6/c34-21-13-26(36-15-21)31-38-17-28(40-31)20-5-3-19(4-6-20)23-7-8-24(25-9-12-33(30(23)25)10-1-2-11-33)29-18-39-32(41-29)27-14-22(35)16-37-27/h3-8,17-18,21-22,26-27,36-37H,1-2,9-16H2,(H,38,40)(H,39,41). The number of nitrogens with one attached hydrogen (secondary N) is 4.